The fraction of sp³-hybridized carbons (Fsp3) is 0.357. The van der Waals surface area contributed by atoms with Gasteiger partial charge in [-0.1, -0.05) is 18.2 Å². The molecule has 0 radical (unpaired) electrons. The van der Waals surface area contributed by atoms with Gasteiger partial charge in [-0.25, -0.2) is 0 Å². The summed E-state index contributed by atoms with van der Waals surface area (Å²) in [6.07, 6.45) is 0. The highest BCUT2D eigenvalue weighted by molar-refractivity contribution is 5.42. The van der Waals surface area contributed by atoms with E-state index in [0.29, 0.717) is 25.6 Å². The van der Waals surface area contributed by atoms with E-state index < -0.39 is 0 Å². The van der Waals surface area contributed by atoms with Crippen molar-refractivity contribution in [1.29, 1.82) is 0 Å². The van der Waals surface area contributed by atoms with Crippen molar-refractivity contribution in [3.8, 4) is 5.75 Å². The van der Waals surface area contributed by atoms with E-state index in [9.17, 15) is 0 Å². The molecule has 1 heterocycles. The zero-order chi connectivity index (χ0) is 13.7. The molecule has 0 aliphatic carbocycles. The van der Waals surface area contributed by atoms with Crippen LogP contribution in [0.1, 0.15) is 11.3 Å². The van der Waals surface area contributed by atoms with Crippen LogP contribution >= 0.6 is 0 Å². The van der Waals surface area contributed by atoms with Crippen LogP contribution in [0.15, 0.2) is 30.3 Å². The minimum absolute atomic E-state index is 0.462. The maximum Gasteiger partial charge on any atom is 0.127 e. The summed E-state index contributed by atoms with van der Waals surface area (Å²) in [6, 6.07) is 9.68. The molecule has 0 fully saturated rings. The lowest BCUT2D eigenvalue weighted by Gasteiger charge is -2.07. The van der Waals surface area contributed by atoms with Crippen LogP contribution in [0, 0.1) is 6.92 Å². The smallest absolute Gasteiger partial charge is 0.127 e. The van der Waals surface area contributed by atoms with E-state index in [1.807, 2.05) is 44.3 Å². The third kappa shape index (κ3) is 3.48. The Morgan fingerprint density at radius 3 is 2.58 bits per heavy atom. The molecule has 19 heavy (non-hydrogen) atoms. The lowest BCUT2D eigenvalue weighted by Crippen LogP contribution is -2.08. The summed E-state index contributed by atoms with van der Waals surface area (Å²) >= 11 is 0. The predicted molar refractivity (Wildman–Crippen MR) is 74.0 cm³/mol. The Morgan fingerprint density at radius 1 is 1.21 bits per heavy atom. The Hall–Kier alpha value is -2.01. The van der Waals surface area contributed by atoms with E-state index in [1.54, 1.807) is 4.68 Å². The Morgan fingerprint density at radius 2 is 1.95 bits per heavy atom. The van der Waals surface area contributed by atoms with Crippen molar-refractivity contribution in [3.63, 3.8) is 0 Å². The Bertz CT molecular complexity index is 523. The minimum atomic E-state index is 0.462. The van der Waals surface area contributed by atoms with Crippen LogP contribution in [0.25, 0.3) is 0 Å². The first-order valence-electron chi connectivity index (χ1n) is 6.22. The minimum Gasteiger partial charge on any atom is -0.491 e. The van der Waals surface area contributed by atoms with E-state index >= 15 is 0 Å². The van der Waals surface area contributed by atoms with Gasteiger partial charge in [0.2, 0.25) is 0 Å². The average molecular weight is 261 g/mol. The molecule has 5 nitrogen and oxygen atoms in total. The summed E-state index contributed by atoms with van der Waals surface area (Å²) in [5, 5.41) is 4.24. The summed E-state index contributed by atoms with van der Waals surface area (Å²) in [5.74, 6) is 1.50. The van der Waals surface area contributed by atoms with Gasteiger partial charge in [-0.15, -0.1) is 0 Å². The molecule has 0 unspecified atom stereocenters. The Kier molecular flexibility index (Phi) is 4.41. The van der Waals surface area contributed by atoms with Gasteiger partial charge in [-0.3, -0.25) is 4.68 Å². The van der Waals surface area contributed by atoms with Gasteiger partial charge in [-0.2, -0.15) is 5.10 Å². The molecule has 5 heteroatoms. The molecular weight excluding hydrogens is 242 g/mol. The number of nitrogen functional groups attached to an aromatic ring is 1. The fourth-order valence-electron chi connectivity index (χ4n) is 1.81. The average Bonchev–Trinajstić information content (AvgIpc) is 2.65. The number of anilines is 1. The molecule has 0 aliphatic rings. The molecule has 0 saturated carbocycles. The number of hydrogen-bond acceptors (Lipinski definition) is 4. The summed E-state index contributed by atoms with van der Waals surface area (Å²) < 4.78 is 12.8. The third-order valence-electron chi connectivity index (χ3n) is 2.88. The van der Waals surface area contributed by atoms with E-state index in [2.05, 4.69) is 5.10 Å². The lowest BCUT2D eigenvalue weighted by molar-refractivity contribution is 0.0889. The number of nitrogens with zero attached hydrogens (tertiary/aromatic N) is 2. The van der Waals surface area contributed by atoms with Crippen LogP contribution in [-0.2, 0) is 18.4 Å². The van der Waals surface area contributed by atoms with E-state index in [1.165, 1.54) is 0 Å². The second-order valence-corrected chi connectivity index (χ2v) is 4.29. The molecule has 2 rings (SSSR count). The molecule has 2 N–H and O–H groups in total. The second-order valence-electron chi connectivity index (χ2n) is 4.29. The summed E-state index contributed by atoms with van der Waals surface area (Å²) in [4.78, 5) is 0. The lowest BCUT2D eigenvalue weighted by atomic mass is 10.2. The van der Waals surface area contributed by atoms with Gasteiger partial charge in [-0.05, 0) is 19.1 Å². The van der Waals surface area contributed by atoms with Crippen molar-refractivity contribution in [2.24, 2.45) is 7.05 Å². The van der Waals surface area contributed by atoms with Crippen LogP contribution in [0.3, 0.4) is 0 Å². The van der Waals surface area contributed by atoms with Gasteiger partial charge < -0.3 is 15.2 Å². The number of aromatic nitrogens is 2. The number of ether oxygens (including phenoxy) is 2. The molecule has 0 atom stereocenters. The number of rotatable bonds is 6. The molecule has 0 bridgehead atoms. The van der Waals surface area contributed by atoms with Gasteiger partial charge in [0.25, 0.3) is 0 Å². The van der Waals surface area contributed by atoms with Crippen molar-refractivity contribution in [2.45, 2.75) is 13.5 Å². The molecule has 1 aromatic carbocycles. The van der Waals surface area contributed by atoms with Crippen molar-refractivity contribution in [1.82, 2.24) is 9.78 Å². The zero-order valence-corrected chi connectivity index (χ0v) is 11.3. The number of para-hydroxylation sites is 1. The first kappa shape index (κ1) is 13.4. The highest BCUT2D eigenvalue weighted by atomic mass is 16.5. The van der Waals surface area contributed by atoms with Gasteiger partial charge in [0.1, 0.15) is 18.2 Å². The molecule has 0 amide bonds. The maximum absolute atomic E-state index is 5.90. The molecule has 1 aromatic heterocycles. The standard InChI is InChI=1S/C14H19N3O2/c1-11-13(14(15)17(2)16-11)10-18-8-9-19-12-6-4-3-5-7-12/h3-7H,8-10,15H2,1-2H3. The first-order valence-corrected chi connectivity index (χ1v) is 6.22. The molecular formula is C14H19N3O2. The zero-order valence-electron chi connectivity index (χ0n) is 11.3. The molecule has 0 spiro atoms. The topological polar surface area (TPSA) is 62.3 Å². The second kappa shape index (κ2) is 6.24. The van der Waals surface area contributed by atoms with Crippen LogP contribution in [0.4, 0.5) is 5.82 Å². The monoisotopic (exact) mass is 261 g/mol. The van der Waals surface area contributed by atoms with Crippen LogP contribution in [0.5, 0.6) is 5.75 Å². The molecule has 0 aliphatic heterocycles. The Labute approximate surface area is 112 Å². The molecule has 102 valence electrons. The third-order valence-corrected chi connectivity index (χ3v) is 2.88. The predicted octanol–water partition coefficient (Wildman–Crippen LogP) is 1.91. The Balaban J connectivity index is 1.72. The summed E-state index contributed by atoms with van der Waals surface area (Å²) in [5.41, 5.74) is 7.75. The number of aryl methyl sites for hydroxylation is 2. The number of benzene rings is 1. The highest BCUT2D eigenvalue weighted by Gasteiger charge is 2.09. The number of nitrogens with two attached hydrogens (primary N) is 1. The van der Waals surface area contributed by atoms with E-state index in [-0.39, 0.29) is 0 Å². The van der Waals surface area contributed by atoms with Crippen molar-refractivity contribution >= 4 is 5.82 Å². The summed E-state index contributed by atoms with van der Waals surface area (Å²) in [7, 11) is 1.82. The molecule has 2 aromatic rings. The SMILES string of the molecule is Cc1nn(C)c(N)c1COCCOc1ccccc1. The number of hydrogen-bond donors (Lipinski definition) is 1. The normalized spacial score (nSPS) is 10.6. The quantitative estimate of drug-likeness (QED) is 0.807. The van der Waals surface area contributed by atoms with Crippen molar-refractivity contribution in [2.75, 3.05) is 18.9 Å². The summed E-state index contributed by atoms with van der Waals surface area (Å²) in [6.45, 7) is 3.42. The fourth-order valence-corrected chi connectivity index (χ4v) is 1.81. The maximum atomic E-state index is 5.90. The first-order chi connectivity index (χ1) is 9.18. The van der Waals surface area contributed by atoms with Crippen LogP contribution < -0.4 is 10.5 Å². The van der Waals surface area contributed by atoms with Crippen LogP contribution in [0.2, 0.25) is 0 Å². The van der Waals surface area contributed by atoms with Crippen LogP contribution in [-0.4, -0.2) is 23.0 Å². The van der Waals surface area contributed by atoms with Gasteiger partial charge in [0, 0.05) is 12.6 Å². The molecule has 0 saturated heterocycles. The van der Waals surface area contributed by atoms with Gasteiger partial charge >= 0.3 is 0 Å². The van der Waals surface area contributed by atoms with Gasteiger partial charge in [0.05, 0.1) is 18.9 Å². The highest BCUT2D eigenvalue weighted by Crippen LogP contribution is 2.16. The van der Waals surface area contributed by atoms with E-state index in [0.717, 1.165) is 17.0 Å². The van der Waals surface area contributed by atoms with Gasteiger partial charge in [0.15, 0.2) is 0 Å². The van der Waals surface area contributed by atoms with Crippen molar-refractivity contribution in [3.05, 3.63) is 41.6 Å². The van der Waals surface area contributed by atoms with E-state index in [4.69, 9.17) is 15.2 Å². The van der Waals surface area contributed by atoms with Crippen molar-refractivity contribution < 1.29 is 9.47 Å². The largest absolute Gasteiger partial charge is 0.491 e.